The summed E-state index contributed by atoms with van der Waals surface area (Å²) in [7, 11) is 0. The highest BCUT2D eigenvalue weighted by Gasteiger charge is 2.11. The molecule has 0 saturated heterocycles. The summed E-state index contributed by atoms with van der Waals surface area (Å²) in [4.78, 5) is 19.4. The zero-order valence-electron chi connectivity index (χ0n) is 10.1. The van der Waals surface area contributed by atoms with Crippen LogP contribution in [0, 0.1) is 0 Å². The van der Waals surface area contributed by atoms with E-state index in [0.717, 1.165) is 5.56 Å². The summed E-state index contributed by atoms with van der Waals surface area (Å²) >= 11 is 0. The first-order valence-corrected chi connectivity index (χ1v) is 5.51. The molecule has 0 aliphatic rings. The Morgan fingerprint density at radius 3 is 2.58 bits per heavy atom. The van der Waals surface area contributed by atoms with Gasteiger partial charge < -0.3 is 10.5 Å². The Balaban J connectivity index is 0.00000180. The third-order valence-electron chi connectivity index (χ3n) is 2.40. The van der Waals surface area contributed by atoms with Crippen LogP contribution in [0.2, 0.25) is 0 Å². The zero-order chi connectivity index (χ0) is 12.8. The molecule has 0 aromatic carbocycles. The van der Waals surface area contributed by atoms with E-state index in [1.165, 1.54) is 0 Å². The largest absolute Gasteiger partial charge is 0.459 e. The fraction of sp³-hybridized carbons (Fsp3) is 0.154. The molecule has 0 aliphatic carbocycles. The number of nitrogens with two attached hydrogens (primary N) is 1. The molecule has 0 spiro atoms. The highest BCUT2D eigenvalue weighted by atomic mass is 35.5. The molecule has 1 unspecified atom stereocenters. The van der Waals surface area contributed by atoms with Crippen molar-refractivity contribution < 1.29 is 9.53 Å². The molecular formula is C13H14ClN3O2. The number of esters is 1. The summed E-state index contributed by atoms with van der Waals surface area (Å²) in [6, 6.07) is 8.28. The quantitative estimate of drug-likeness (QED) is 0.863. The monoisotopic (exact) mass is 279 g/mol. The minimum atomic E-state index is -0.472. The highest BCUT2D eigenvalue weighted by molar-refractivity contribution is 5.87. The van der Waals surface area contributed by atoms with Gasteiger partial charge in [-0.15, -0.1) is 12.4 Å². The smallest absolute Gasteiger partial charge is 0.356 e. The molecule has 2 aromatic rings. The topological polar surface area (TPSA) is 78.1 Å². The lowest BCUT2D eigenvalue weighted by Gasteiger charge is -2.11. The number of aromatic nitrogens is 2. The van der Waals surface area contributed by atoms with Crippen molar-refractivity contribution in [3.05, 3.63) is 60.2 Å². The maximum Gasteiger partial charge on any atom is 0.356 e. The average molecular weight is 280 g/mol. The molecule has 0 radical (unpaired) electrons. The summed E-state index contributed by atoms with van der Waals surface area (Å²) in [6.07, 6.45) is 4.84. The molecule has 2 rings (SSSR count). The summed E-state index contributed by atoms with van der Waals surface area (Å²) in [5, 5.41) is 0. The van der Waals surface area contributed by atoms with Gasteiger partial charge in [0.15, 0.2) is 0 Å². The van der Waals surface area contributed by atoms with Crippen molar-refractivity contribution >= 4 is 18.4 Å². The van der Waals surface area contributed by atoms with Gasteiger partial charge in [-0.3, -0.25) is 4.98 Å². The normalized spacial score (nSPS) is 11.2. The third kappa shape index (κ3) is 4.31. The lowest BCUT2D eigenvalue weighted by atomic mass is 10.1. The van der Waals surface area contributed by atoms with Crippen molar-refractivity contribution in [3.63, 3.8) is 0 Å². The van der Waals surface area contributed by atoms with Gasteiger partial charge in [-0.25, -0.2) is 9.78 Å². The van der Waals surface area contributed by atoms with Gasteiger partial charge in [-0.05, 0) is 29.8 Å². The fourth-order valence-corrected chi connectivity index (χ4v) is 1.43. The fourth-order valence-electron chi connectivity index (χ4n) is 1.43. The van der Waals surface area contributed by atoms with E-state index in [2.05, 4.69) is 9.97 Å². The Hall–Kier alpha value is -1.98. The van der Waals surface area contributed by atoms with Gasteiger partial charge in [-0.2, -0.15) is 0 Å². The second-order valence-electron chi connectivity index (χ2n) is 3.70. The number of pyridine rings is 2. The summed E-state index contributed by atoms with van der Waals surface area (Å²) in [5.41, 5.74) is 7.05. The van der Waals surface area contributed by atoms with E-state index in [1.807, 2.05) is 0 Å². The van der Waals surface area contributed by atoms with Crippen LogP contribution in [0.4, 0.5) is 0 Å². The van der Waals surface area contributed by atoms with Gasteiger partial charge in [0.1, 0.15) is 12.3 Å². The third-order valence-corrected chi connectivity index (χ3v) is 2.40. The van der Waals surface area contributed by atoms with E-state index in [0.29, 0.717) is 0 Å². The number of carbonyl (C=O) groups is 1. The van der Waals surface area contributed by atoms with Crippen LogP contribution >= 0.6 is 12.4 Å². The minimum absolute atomic E-state index is 0. The minimum Gasteiger partial charge on any atom is -0.459 e. The first kappa shape index (κ1) is 15.1. The number of ether oxygens (including phenoxy) is 1. The standard InChI is InChI=1S/C13H13N3O2.ClH/c14-11(10-4-7-15-8-5-10)9-18-13(17)12-3-1-2-6-16-12;/h1-8,11H,9,14H2;1H. The van der Waals surface area contributed by atoms with E-state index >= 15 is 0 Å². The van der Waals surface area contributed by atoms with Crippen LogP contribution < -0.4 is 5.73 Å². The van der Waals surface area contributed by atoms with Crippen molar-refractivity contribution in [3.8, 4) is 0 Å². The van der Waals surface area contributed by atoms with Crippen molar-refractivity contribution in [2.24, 2.45) is 5.73 Å². The predicted molar refractivity (Wildman–Crippen MR) is 72.9 cm³/mol. The zero-order valence-corrected chi connectivity index (χ0v) is 10.9. The van der Waals surface area contributed by atoms with E-state index in [-0.39, 0.29) is 30.7 Å². The second-order valence-corrected chi connectivity index (χ2v) is 3.70. The second kappa shape index (κ2) is 7.45. The summed E-state index contributed by atoms with van der Waals surface area (Å²) in [5.74, 6) is -0.472. The molecule has 0 bridgehead atoms. The molecule has 2 N–H and O–H groups in total. The molecule has 6 heteroatoms. The molecule has 2 heterocycles. The van der Waals surface area contributed by atoms with Crippen LogP contribution in [0.25, 0.3) is 0 Å². The lowest BCUT2D eigenvalue weighted by molar-refractivity contribution is 0.0474. The Morgan fingerprint density at radius 1 is 1.21 bits per heavy atom. The summed E-state index contributed by atoms with van der Waals surface area (Å²) in [6.45, 7) is 0.111. The van der Waals surface area contributed by atoms with E-state index in [4.69, 9.17) is 10.5 Å². The number of rotatable bonds is 4. The molecule has 0 aliphatic heterocycles. The van der Waals surface area contributed by atoms with Crippen LogP contribution in [-0.2, 0) is 4.74 Å². The number of hydrogen-bond acceptors (Lipinski definition) is 5. The van der Waals surface area contributed by atoms with Crippen LogP contribution in [0.5, 0.6) is 0 Å². The molecular weight excluding hydrogens is 266 g/mol. The maximum atomic E-state index is 11.6. The summed E-state index contributed by atoms with van der Waals surface area (Å²) < 4.78 is 5.10. The molecule has 100 valence electrons. The van der Waals surface area contributed by atoms with Gasteiger partial charge in [0.2, 0.25) is 0 Å². The number of nitrogens with zero attached hydrogens (tertiary/aromatic N) is 2. The van der Waals surface area contributed by atoms with Gasteiger partial charge in [-0.1, -0.05) is 6.07 Å². The van der Waals surface area contributed by atoms with Crippen molar-refractivity contribution in [2.45, 2.75) is 6.04 Å². The first-order chi connectivity index (χ1) is 8.77. The Labute approximate surface area is 117 Å². The molecule has 0 amide bonds. The molecule has 1 atom stereocenters. The van der Waals surface area contributed by atoms with Gasteiger partial charge in [0, 0.05) is 18.6 Å². The van der Waals surface area contributed by atoms with Crippen LogP contribution in [0.3, 0.4) is 0 Å². The Kier molecular flexibility index (Phi) is 5.92. The van der Waals surface area contributed by atoms with Gasteiger partial charge in [0.05, 0.1) is 6.04 Å². The van der Waals surface area contributed by atoms with Gasteiger partial charge in [0.25, 0.3) is 0 Å². The predicted octanol–water partition coefficient (Wildman–Crippen LogP) is 1.76. The van der Waals surface area contributed by atoms with E-state index < -0.39 is 5.97 Å². The first-order valence-electron chi connectivity index (χ1n) is 5.51. The molecule has 19 heavy (non-hydrogen) atoms. The molecule has 2 aromatic heterocycles. The SMILES string of the molecule is Cl.NC(COC(=O)c1ccccn1)c1ccncc1. The molecule has 0 saturated carbocycles. The molecule has 5 nitrogen and oxygen atoms in total. The molecule has 0 fully saturated rings. The van der Waals surface area contributed by atoms with Crippen molar-refractivity contribution in [1.29, 1.82) is 0 Å². The van der Waals surface area contributed by atoms with E-state index in [9.17, 15) is 4.79 Å². The maximum absolute atomic E-state index is 11.6. The van der Waals surface area contributed by atoms with Crippen LogP contribution in [-0.4, -0.2) is 22.5 Å². The van der Waals surface area contributed by atoms with Crippen LogP contribution in [0.15, 0.2) is 48.9 Å². The van der Waals surface area contributed by atoms with Crippen LogP contribution in [0.1, 0.15) is 22.1 Å². The number of halogens is 1. The highest BCUT2D eigenvalue weighted by Crippen LogP contribution is 2.09. The van der Waals surface area contributed by atoms with Crippen molar-refractivity contribution in [2.75, 3.05) is 6.61 Å². The number of carbonyl (C=O) groups excluding carboxylic acids is 1. The van der Waals surface area contributed by atoms with E-state index in [1.54, 1.807) is 48.9 Å². The average Bonchev–Trinajstić information content (AvgIpc) is 2.46. The van der Waals surface area contributed by atoms with Gasteiger partial charge >= 0.3 is 5.97 Å². The number of hydrogen-bond donors (Lipinski definition) is 1. The Morgan fingerprint density at radius 2 is 1.95 bits per heavy atom. The lowest BCUT2D eigenvalue weighted by Crippen LogP contribution is -2.20. The van der Waals surface area contributed by atoms with Crippen molar-refractivity contribution in [1.82, 2.24) is 9.97 Å². The Bertz CT molecular complexity index is 508.